The van der Waals surface area contributed by atoms with Gasteiger partial charge in [0.1, 0.15) is 0 Å². The van der Waals surface area contributed by atoms with Crippen molar-refractivity contribution in [3.63, 3.8) is 0 Å². The van der Waals surface area contributed by atoms with Gasteiger partial charge in [-0.1, -0.05) is 60.7 Å². The van der Waals surface area contributed by atoms with Crippen LogP contribution in [0.4, 0.5) is 11.4 Å². The van der Waals surface area contributed by atoms with Gasteiger partial charge in [-0.3, -0.25) is 0 Å². The van der Waals surface area contributed by atoms with Gasteiger partial charge in [0.2, 0.25) is 9.84 Å². The van der Waals surface area contributed by atoms with Crippen molar-refractivity contribution in [3.8, 4) is 11.1 Å². The number of sulfone groups is 1. The first-order chi connectivity index (χ1) is 13.7. The van der Waals surface area contributed by atoms with Crippen LogP contribution in [0.1, 0.15) is 11.5 Å². The van der Waals surface area contributed by atoms with E-state index in [1.54, 1.807) is 18.2 Å². The summed E-state index contributed by atoms with van der Waals surface area (Å²) in [6.07, 6.45) is 8.67. The largest absolute Gasteiger partial charge is 0.333 e. The summed E-state index contributed by atoms with van der Waals surface area (Å²) in [5.74, 6) is 0.311. The van der Waals surface area contributed by atoms with Crippen molar-refractivity contribution in [3.05, 3.63) is 96.6 Å². The van der Waals surface area contributed by atoms with E-state index in [4.69, 9.17) is 0 Å². The summed E-state index contributed by atoms with van der Waals surface area (Å²) in [5.41, 5.74) is 5.10. The number of rotatable bonds is 1. The summed E-state index contributed by atoms with van der Waals surface area (Å²) in [7, 11) is -3.43. The minimum Gasteiger partial charge on any atom is -0.333 e. The normalized spacial score (nSPS) is 22.5. The van der Waals surface area contributed by atoms with E-state index >= 15 is 0 Å². The van der Waals surface area contributed by atoms with Crippen LogP contribution in [0.25, 0.3) is 11.1 Å². The number of para-hydroxylation sites is 1. The van der Waals surface area contributed by atoms with Crippen molar-refractivity contribution in [1.82, 2.24) is 0 Å². The van der Waals surface area contributed by atoms with Crippen molar-refractivity contribution in [1.29, 1.82) is 0 Å². The Morgan fingerprint density at radius 3 is 2.43 bits per heavy atom. The molecule has 136 valence electrons. The summed E-state index contributed by atoms with van der Waals surface area (Å²) < 4.78 is 25.8. The van der Waals surface area contributed by atoms with Crippen molar-refractivity contribution >= 4 is 21.2 Å². The van der Waals surface area contributed by atoms with Crippen LogP contribution in [0.2, 0.25) is 0 Å². The maximum absolute atomic E-state index is 12.9. The Kier molecular flexibility index (Phi) is 3.10. The second-order valence-electron chi connectivity index (χ2n) is 7.40. The Bertz CT molecular complexity index is 1300. The van der Waals surface area contributed by atoms with Crippen molar-refractivity contribution in [2.75, 3.05) is 4.90 Å². The molecule has 0 N–H and O–H groups in total. The SMILES string of the molecule is O=S1(=O)c2ccccc2-c2cc(N3c4ccccc4C4C=CC=CC43)ccc21. The summed E-state index contributed by atoms with van der Waals surface area (Å²) in [6, 6.07) is 21.7. The zero-order valence-corrected chi connectivity index (χ0v) is 15.8. The molecule has 0 amide bonds. The van der Waals surface area contributed by atoms with Crippen LogP contribution in [-0.2, 0) is 9.84 Å². The minimum atomic E-state index is -3.43. The Balaban J connectivity index is 1.57. The summed E-state index contributed by atoms with van der Waals surface area (Å²) in [6.45, 7) is 0. The lowest BCUT2D eigenvalue weighted by atomic mass is 9.91. The van der Waals surface area contributed by atoms with Crippen LogP contribution >= 0.6 is 0 Å². The maximum atomic E-state index is 12.9. The van der Waals surface area contributed by atoms with Crippen molar-refractivity contribution in [2.45, 2.75) is 21.8 Å². The van der Waals surface area contributed by atoms with E-state index in [-0.39, 0.29) is 6.04 Å². The van der Waals surface area contributed by atoms with Gasteiger partial charge in [-0.15, -0.1) is 0 Å². The van der Waals surface area contributed by atoms with Crippen LogP contribution < -0.4 is 4.90 Å². The fraction of sp³-hybridized carbons (Fsp3) is 0.0833. The number of anilines is 2. The first kappa shape index (κ1) is 15.9. The molecular weight excluding hydrogens is 366 g/mol. The van der Waals surface area contributed by atoms with Crippen molar-refractivity contribution < 1.29 is 8.42 Å². The van der Waals surface area contributed by atoms with Gasteiger partial charge < -0.3 is 4.90 Å². The van der Waals surface area contributed by atoms with E-state index in [0.29, 0.717) is 15.7 Å². The molecule has 0 saturated carbocycles. The van der Waals surface area contributed by atoms with Gasteiger partial charge in [0, 0.05) is 28.4 Å². The molecule has 3 nitrogen and oxygen atoms in total. The monoisotopic (exact) mass is 383 g/mol. The first-order valence-electron chi connectivity index (χ1n) is 9.38. The summed E-state index contributed by atoms with van der Waals surface area (Å²) in [4.78, 5) is 3.14. The highest BCUT2D eigenvalue weighted by atomic mass is 32.2. The maximum Gasteiger partial charge on any atom is 0.207 e. The molecule has 2 unspecified atom stereocenters. The van der Waals surface area contributed by atoms with E-state index in [2.05, 4.69) is 53.5 Å². The smallest absolute Gasteiger partial charge is 0.207 e. The molecular formula is C24H17NO2S. The minimum absolute atomic E-state index is 0.203. The third-order valence-electron chi connectivity index (χ3n) is 5.96. The highest BCUT2D eigenvalue weighted by Crippen LogP contribution is 2.50. The molecule has 1 aliphatic carbocycles. The fourth-order valence-electron chi connectivity index (χ4n) is 4.74. The van der Waals surface area contributed by atoms with Crippen LogP contribution in [0.5, 0.6) is 0 Å². The van der Waals surface area contributed by atoms with Gasteiger partial charge in [-0.05, 0) is 35.9 Å². The van der Waals surface area contributed by atoms with Gasteiger partial charge in [0.15, 0.2) is 0 Å². The fourth-order valence-corrected chi connectivity index (χ4v) is 6.41. The summed E-state index contributed by atoms with van der Waals surface area (Å²) >= 11 is 0. The number of hydrogen-bond donors (Lipinski definition) is 0. The van der Waals surface area contributed by atoms with Gasteiger partial charge in [0.25, 0.3) is 0 Å². The third-order valence-corrected chi connectivity index (χ3v) is 7.83. The van der Waals surface area contributed by atoms with Gasteiger partial charge in [0.05, 0.1) is 15.8 Å². The molecule has 28 heavy (non-hydrogen) atoms. The Morgan fingerprint density at radius 2 is 1.50 bits per heavy atom. The molecule has 0 saturated heterocycles. The second kappa shape index (κ2) is 5.46. The molecule has 4 heteroatoms. The quantitative estimate of drug-likeness (QED) is 0.452. The number of allylic oxidation sites excluding steroid dienone is 2. The standard InChI is InChI=1S/C24H17NO2S/c26-28(27)23-12-6-3-9-19(23)20-15-16(13-14-24(20)28)25-21-10-4-1-7-17(21)18-8-2-5-11-22(18)25/h1-15,17,21H. The zero-order chi connectivity index (χ0) is 18.9. The molecule has 0 spiro atoms. The number of nitrogens with zero attached hydrogens (tertiary/aromatic N) is 1. The van der Waals surface area contributed by atoms with Crippen LogP contribution in [0.15, 0.2) is 101 Å². The molecule has 3 aromatic rings. The van der Waals surface area contributed by atoms with E-state index in [9.17, 15) is 8.42 Å². The lowest BCUT2D eigenvalue weighted by molar-refractivity contribution is 0.598. The Labute approximate surface area is 164 Å². The van der Waals surface area contributed by atoms with Gasteiger partial charge in [-0.25, -0.2) is 8.42 Å². The number of fused-ring (bicyclic) bond motifs is 6. The van der Waals surface area contributed by atoms with Crippen molar-refractivity contribution in [2.24, 2.45) is 0 Å². The second-order valence-corrected chi connectivity index (χ2v) is 9.28. The summed E-state index contributed by atoms with van der Waals surface area (Å²) in [5, 5.41) is 0. The first-order valence-corrected chi connectivity index (χ1v) is 10.9. The van der Waals surface area contributed by atoms with Crippen LogP contribution in [0.3, 0.4) is 0 Å². The number of benzene rings is 3. The Hall–Kier alpha value is -3.11. The molecule has 0 radical (unpaired) electrons. The van der Waals surface area contributed by atoms with E-state index in [1.807, 2.05) is 24.3 Å². The zero-order valence-electron chi connectivity index (χ0n) is 15.0. The predicted octanol–water partition coefficient (Wildman–Crippen LogP) is 5.23. The lowest BCUT2D eigenvalue weighted by Gasteiger charge is -2.29. The van der Waals surface area contributed by atoms with Gasteiger partial charge >= 0.3 is 0 Å². The average Bonchev–Trinajstić information content (AvgIpc) is 3.18. The molecule has 2 atom stereocenters. The molecule has 2 aliphatic heterocycles. The van der Waals surface area contributed by atoms with E-state index < -0.39 is 9.84 Å². The molecule has 2 heterocycles. The molecule has 0 aromatic heterocycles. The van der Waals surface area contributed by atoms with Gasteiger partial charge in [-0.2, -0.15) is 0 Å². The molecule has 3 aliphatic rings. The van der Waals surface area contributed by atoms with E-state index in [1.165, 1.54) is 11.3 Å². The highest BCUT2D eigenvalue weighted by molar-refractivity contribution is 7.92. The molecule has 0 fully saturated rings. The van der Waals surface area contributed by atoms with Crippen LogP contribution in [0, 0.1) is 0 Å². The third kappa shape index (κ3) is 1.96. The lowest BCUT2D eigenvalue weighted by Crippen LogP contribution is -2.28. The highest BCUT2D eigenvalue weighted by Gasteiger charge is 2.38. The molecule has 6 rings (SSSR count). The average molecular weight is 383 g/mol. The van der Waals surface area contributed by atoms with E-state index in [0.717, 1.165) is 16.8 Å². The van der Waals surface area contributed by atoms with Crippen LogP contribution in [-0.4, -0.2) is 14.5 Å². The predicted molar refractivity (Wildman–Crippen MR) is 111 cm³/mol. The molecule has 3 aromatic carbocycles. The Morgan fingerprint density at radius 1 is 0.750 bits per heavy atom. The molecule has 0 bridgehead atoms. The topological polar surface area (TPSA) is 37.4 Å². The number of hydrogen-bond acceptors (Lipinski definition) is 3.